The van der Waals surface area contributed by atoms with Gasteiger partial charge in [-0.1, -0.05) is 11.6 Å². The molecule has 0 saturated heterocycles. The number of pyridine rings is 1. The van der Waals surface area contributed by atoms with Crippen LogP contribution in [-0.4, -0.2) is 34.7 Å². The Morgan fingerprint density at radius 3 is 2.78 bits per heavy atom. The van der Waals surface area contributed by atoms with Gasteiger partial charge in [-0.15, -0.1) is 0 Å². The van der Waals surface area contributed by atoms with Crippen molar-refractivity contribution >= 4 is 21.6 Å². The van der Waals surface area contributed by atoms with Gasteiger partial charge in [0.15, 0.2) is 0 Å². The van der Waals surface area contributed by atoms with Gasteiger partial charge in [-0.2, -0.15) is 4.31 Å². The number of halogens is 1. The van der Waals surface area contributed by atoms with Crippen LogP contribution in [-0.2, 0) is 16.6 Å². The largest absolute Gasteiger partial charge is 0.347 e. The Labute approximate surface area is 110 Å². The van der Waals surface area contributed by atoms with Crippen LogP contribution in [0.1, 0.15) is 5.82 Å². The minimum atomic E-state index is -3.59. The van der Waals surface area contributed by atoms with E-state index in [9.17, 15) is 8.42 Å². The Morgan fingerprint density at radius 1 is 1.39 bits per heavy atom. The average Bonchev–Trinajstić information content (AvgIpc) is 2.81. The number of hydrogen-bond donors (Lipinski definition) is 1. The number of hydrogen-bond acceptors (Lipinski definition) is 4. The molecule has 2 heterocycles. The molecule has 0 aromatic carbocycles. The van der Waals surface area contributed by atoms with Crippen LogP contribution < -0.4 is 0 Å². The number of rotatable bonds is 4. The molecule has 0 unspecified atom stereocenters. The van der Waals surface area contributed by atoms with E-state index in [-0.39, 0.29) is 16.6 Å². The number of nitrogens with one attached hydrogen (secondary N) is 1. The highest BCUT2D eigenvalue weighted by Crippen LogP contribution is 2.17. The summed E-state index contributed by atoms with van der Waals surface area (Å²) >= 11 is 5.69. The fourth-order valence-corrected chi connectivity index (χ4v) is 2.79. The summed E-state index contributed by atoms with van der Waals surface area (Å²) in [7, 11) is -2.11. The Hall–Kier alpha value is -1.44. The molecule has 0 amide bonds. The molecule has 6 nitrogen and oxygen atoms in total. The van der Waals surface area contributed by atoms with Crippen molar-refractivity contribution in [3.63, 3.8) is 0 Å². The summed E-state index contributed by atoms with van der Waals surface area (Å²) in [6.07, 6.45) is 4.56. The molecule has 2 aromatic heterocycles. The molecule has 2 aromatic rings. The molecule has 8 heteroatoms. The van der Waals surface area contributed by atoms with Gasteiger partial charge in [0.25, 0.3) is 0 Å². The Morgan fingerprint density at radius 2 is 2.17 bits per heavy atom. The number of H-pyrrole nitrogens is 1. The lowest BCUT2D eigenvalue weighted by molar-refractivity contribution is 0.458. The average molecular weight is 287 g/mol. The summed E-state index contributed by atoms with van der Waals surface area (Å²) in [6, 6.07) is 2.72. The highest BCUT2D eigenvalue weighted by atomic mass is 35.5. The Kier molecular flexibility index (Phi) is 3.65. The predicted molar refractivity (Wildman–Crippen MR) is 66.5 cm³/mol. The van der Waals surface area contributed by atoms with Gasteiger partial charge in [-0.05, 0) is 12.1 Å². The molecule has 0 radical (unpaired) electrons. The topological polar surface area (TPSA) is 79.0 Å². The van der Waals surface area contributed by atoms with Crippen molar-refractivity contribution in [1.29, 1.82) is 0 Å². The molecular formula is C10H11ClN4O2S. The molecule has 96 valence electrons. The van der Waals surface area contributed by atoms with Crippen molar-refractivity contribution < 1.29 is 8.42 Å². The summed E-state index contributed by atoms with van der Waals surface area (Å²) < 4.78 is 25.6. The third-order valence-electron chi connectivity index (χ3n) is 2.33. The van der Waals surface area contributed by atoms with Crippen molar-refractivity contribution in [2.75, 3.05) is 7.05 Å². The number of aromatic amines is 1. The van der Waals surface area contributed by atoms with Crippen molar-refractivity contribution in [3.8, 4) is 0 Å². The van der Waals surface area contributed by atoms with E-state index in [0.717, 1.165) is 0 Å². The zero-order valence-electron chi connectivity index (χ0n) is 9.54. The van der Waals surface area contributed by atoms with E-state index in [1.54, 1.807) is 12.4 Å². The third-order valence-corrected chi connectivity index (χ3v) is 4.34. The quantitative estimate of drug-likeness (QED) is 0.859. The number of imidazole rings is 1. The lowest BCUT2D eigenvalue weighted by Gasteiger charge is -2.15. The molecule has 0 aliphatic heterocycles. The Bertz CT molecular complexity index is 627. The first-order valence-corrected chi connectivity index (χ1v) is 6.88. The monoisotopic (exact) mass is 286 g/mol. The highest BCUT2D eigenvalue weighted by molar-refractivity contribution is 7.89. The molecule has 0 atom stereocenters. The zero-order valence-corrected chi connectivity index (χ0v) is 11.1. The van der Waals surface area contributed by atoms with E-state index in [1.807, 2.05) is 0 Å². The maximum absolute atomic E-state index is 12.2. The fraction of sp³-hybridized carbons (Fsp3) is 0.200. The van der Waals surface area contributed by atoms with Gasteiger partial charge in [0, 0.05) is 25.6 Å². The lowest BCUT2D eigenvalue weighted by Crippen LogP contribution is -2.27. The summed E-state index contributed by atoms with van der Waals surface area (Å²) in [5.74, 6) is 0.571. The van der Waals surface area contributed by atoms with Gasteiger partial charge in [-0.3, -0.25) is 0 Å². The van der Waals surface area contributed by atoms with Gasteiger partial charge in [0.2, 0.25) is 10.0 Å². The SMILES string of the molecule is CN(Cc1ncc[nH]1)S(=O)(=O)c1ccnc(Cl)c1. The van der Waals surface area contributed by atoms with Crippen LogP contribution >= 0.6 is 11.6 Å². The number of nitrogens with zero attached hydrogens (tertiary/aromatic N) is 3. The standard InChI is InChI=1S/C10H11ClN4O2S/c1-15(7-10-13-4-5-14-10)18(16,17)8-2-3-12-9(11)6-8/h2-6H,7H2,1H3,(H,13,14). The van der Waals surface area contributed by atoms with Crippen LogP contribution in [0.2, 0.25) is 5.15 Å². The molecule has 0 aliphatic carbocycles. The van der Waals surface area contributed by atoms with Gasteiger partial charge in [-0.25, -0.2) is 18.4 Å². The first-order valence-electron chi connectivity index (χ1n) is 5.06. The summed E-state index contributed by atoms with van der Waals surface area (Å²) in [5, 5.41) is 0.141. The minimum absolute atomic E-state index is 0.108. The number of sulfonamides is 1. The van der Waals surface area contributed by atoms with Crippen molar-refractivity contribution in [2.45, 2.75) is 11.4 Å². The van der Waals surface area contributed by atoms with E-state index in [4.69, 9.17) is 11.6 Å². The Balaban J connectivity index is 2.25. The normalized spacial score (nSPS) is 11.9. The second-order valence-corrected chi connectivity index (χ2v) is 6.04. The molecule has 2 rings (SSSR count). The first kappa shape index (κ1) is 13.0. The van der Waals surface area contributed by atoms with Gasteiger partial charge >= 0.3 is 0 Å². The van der Waals surface area contributed by atoms with Crippen LogP contribution in [0.15, 0.2) is 35.6 Å². The maximum atomic E-state index is 12.2. The van der Waals surface area contributed by atoms with Crippen LogP contribution in [0, 0.1) is 0 Å². The molecule has 18 heavy (non-hydrogen) atoms. The van der Waals surface area contributed by atoms with Crippen molar-refractivity contribution in [1.82, 2.24) is 19.3 Å². The van der Waals surface area contributed by atoms with E-state index >= 15 is 0 Å². The molecule has 0 aliphatic rings. The van der Waals surface area contributed by atoms with Gasteiger partial charge in [0.05, 0.1) is 11.4 Å². The predicted octanol–water partition coefficient (Wildman–Crippen LogP) is 1.28. The maximum Gasteiger partial charge on any atom is 0.243 e. The summed E-state index contributed by atoms with van der Waals surface area (Å²) in [6.45, 7) is 0.162. The zero-order chi connectivity index (χ0) is 13.2. The fourth-order valence-electron chi connectivity index (χ4n) is 1.41. The molecule has 0 saturated carbocycles. The van der Waals surface area contributed by atoms with E-state index in [2.05, 4.69) is 15.0 Å². The van der Waals surface area contributed by atoms with Crippen molar-refractivity contribution in [3.05, 3.63) is 41.7 Å². The van der Waals surface area contributed by atoms with Crippen LogP contribution in [0.4, 0.5) is 0 Å². The smallest absolute Gasteiger partial charge is 0.243 e. The third kappa shape index (κ3) is 2.69. The second-order valence-electron chi connectivity index (χ2n) is 3.61. The molecule has 1 N–H and O–H groups in total. The highest BCUT2D eigenvalue weighted by Gasteiger charge is 2.21. The van der Waals surface area contributed by atoms with Gasteiger partial charge in [0.1, 0.15) is 11.0 Å². The second kappa shape index (κ2) is 5.05. The minimum Gasteiger partial charge on any atom is -0.347 e. The molecule has 0 fully saturated rings. The van der Waals surface area contributed by atoms with Crippen LogP contribution in [0.25, 0.3) is 0 Å². The van der Waals surface area contributed by atoms with Crippen LogP contribution in [0.3, 0.4) is 0 Å². The molecule has 0 bridgehead atoms. The van der Waals surface area contributed by atoms with Crippen LogP contribution in [0.5, 0.6) is 0 Å². The first-order chi connectivity index (χ1) is 8.50. The van der Waals surface area contributed by atoms with Crippen molar-refractivity contribution in [2.24, 2.45) is 0 Å². The van der Waals surface area contributed by atoms with E-state index in [1.165, 1.54) is 29.7 Å². The van der Waals surface area contributed by atoms with E-state index < -0.39 is 10.0 Å². The summed E-state index contributed by atoms with van der Waals surface area (Å²) in [4.78, 5) is 10.7. The summed E-state index contributed by atoms with van der Waals surface area (Å²) in [5.41, 5.74) is 0. The number of aromatic nitrogens is 3. The van der Waals surface area contributed by atoms with Gasteiger partial charge < -0.3 is 4.98 Å². The molecular weight excluding hydrogens is 276 g/mol. The van der Waals surface area contributed by atoms with E-state index in [0.29, 0.717) is 5.82 Å². The molecule has 0 spiro atoms. The lowest BCUT2D eigenvalue weighted by atomic mass is 10.5.